The van der Waals surface area contributed by atoms with Crippen molar-refractivity contribution in [1.82, 2.24) is 0 Å². The minimum atomic E-state index is -0.301. The van der Waals surface area contributed by atoms with Crippen LogP contribution < -0.4 is 34.5 Å². The SMILES string of the molecule is Cc1cccc(C)c1[N-]C(=O)N(c1ccccc1)c1ccccc1.[Na+]. The first kappa shape index (κ1) is 19.3. The molecular weight excluding hydrogens is 319 g/mol. The molecule has 0 N–H and O–H groups in total. The van der Waals surface area contributed by atoms with Crippen molar-refractivity contribution in [3.05, 3.63) is 95.3 Å². The minimum Gasteiger partial charge on any atom is -0.400 e. The number of carbonyl (C=O) groups is 1. The maximum Gasteiger partial charge on any atom is 1.00 e. The molecule has 25 heavy (non-hydrogen) atoms. The van der Waals surface area contributed by atoms with Crippen LogP contribution >= 0.6 is 0 Å². The molecule has 0 bridgehead atoms. The maximum absolute atomic E-state index is 13.0. The molecule has 0 aliphatic heterocycles. The second kappa shape index (κ2) is 8.86. The van der Waals surface area contributed by atoms with E-state index in [1.165, 1.54) is 0 Å². The van der Waals surface area contributed by atoms with Crippen LogP contribution in [0.3, 0.4) is 0 Å². The topological polar surface area (TPSA) is 34.4 Å². The van der Waals surface area contributed by atoms with E-state index in [9.17, 15) is 4.79 Å². The number of amides is 2. The van der Waals surface area contributed by atoms with Gasteiger partial charge in [0.1, 0.15) is 0 Å². The van der Waals surface area contributed by atoms with E-state index in [4.69, 9.17) is 0 Å². The Balaban J connectivity index is 0.00000225. The average molecular weight is 338 g/mol. The van der Waals surface area contributed by atoms with Gasteiger partial charge in [-0.3, -0.25) is 4.79 Å². The Hall–Kier alpha value is -2.07. The Labute approximate surface area is 171 Å². The largest absolute Gasteiger partial charge is 1.00 e. The maximum atomic E-state index is 13.0. The van der Waals surface area contributed by atoms with E-state index in [0.29, 0.717) is 0 Å². The summed E-state index contributed by atoms with van der Waals surface area (Å²) in [5, 5.41) is 4.40. The van der Waals surface area contributed by atoms with Crippen LogP contribution in [0.25, 0.3) is 5.32 Å². The van der Waals surface area contributed by atoms with E-state index >= 15 is 0 Å². The standard InChI is InChI=1S/C21H20N2O.Na/c1-16-10-9-11-17(2)20(16)22-21(24)23(18-12-5-3-6-13-18)19-14-7-4-8-15-19;/h3-15H,1-2H3,(H,22,24);/q;+1/p-1. The van der Waals surface area contributed by atoms with E-state index in [2.05, 4.69) is 5.32 Å². The molecule has 0 saturated carbocycles. The first-order valence-corrected chi connectivity index (χ1v) is 7.89. The zero-order chi connectivity index (χ0) is 16.9. The van der Waals surface area contributed by atoms with Crippen molar-refractivity contribution in [1.29, 1.82) is 0 Å². The van der Waals surface area contributed by atoms with Crippen molar-refractivity contribution in [2.75, 3.05) is 4.90 Å². The summed E-state index contributed by atoms with van der Waals surface area (Å²) in [5.41, 5.74) is 4.31. The molecule has 0 atom stereocenters. The molecule has 0 aromatic heterocycles. The summed E-state index contributed by atoms with van der Waals surface area (Å²) in [6.07, 6.45) is 0. The molecule has 4 heteroatoms. The predicted molar refractivity (Wildman–Crippen MR) is 99.4 cm³/mol. The molecule has 3 aromatic carbocycles. The molecular formula is C21H19N2NaO. The zero-order valence-electron chi connectivity index (χ0n) is 14.8. The van der Waals surface area contributed by atoms with Gasteiger partial charge in [-0.2, -0.15) is 0 Å². The quantitative estimate of drug-likeness (QED) is 0.675. The summed E-state index contributed by atoms with van der Waals surface area (Å²) in [5.74, 6) is 0. The normalized spacial score (nSPS) is 9.84. The van der Waals surface area contributed by atoms with Crippen LogP contribution in [0.2, 0.25) is 0 Å². The fourth-order valence-corrected chi connectivity index (χ4v) is 2.65. The Kier molecular flexibility index (Phi) is 6.82. The van der Waals surface area contributed by atoms with E-state index in [1.807, 2.05) is 92.7 Å². The first-order chi connectivity index (χ1) is 11.7. The molecule has 0 fully saturated rings. The van der Waals surface area contributed by atoms with Crippen LogP contribution in [0.4, 0.5) is 21.9 Å². The molecule has 3 aromatic rings. The third kappa shape index (κ3) is 4.51. The van der Waals surface area contributed by atoms with Gasteiger partial charge in [0.25, 0.3) is 0 Å². The number of anilines is 2. The molecule has 0 unspecified atom stereocenters. The van der Waals surface area contributed by atoms with Gasteiger partial charge in [-0.1, -0.05) is 78.9 Å². The van der Waals surface area contributed by atoms with Crippen molar-refractivity contribution in [2.24, 2.45) is 0 Å². The van der Waals surface area contributed by atoms with Crippen LogP contribution in [0.15, 0.2) is 78.9 Å². The summed E-state index contributed by atoms with van der Waals surface area (Å²) in [6.45, 7) is 3.93. The van der Waals surface area contributed by atoms with Gasteiger partial charge in [-0.05, 0) is 42.0 Å². The number of benzene rings is 3. The number of urea groups is 1. The third-order valence-corrected chi connectivity index (χ3v) is 3.87. The number of para-hydroxylation sites is 3. The van der Waals surface area contributed by atoms with Gasteiger partial charge < -0.3 is 10.2 Å². The molecule has 3 rings (SSSR count). The van der Waals surface area contributed by atoms with E-state index in [0.717, 1.165) is 28.2 Å². The van der Waals surface area contributed by atoms with E-state index in [1.54, 1.807) is 4.90 Å². The molecule has 0 saturated heterocycles. The molecule has 3 nitrogen and oxygen atoms in total. The summed E-state index contributed by atoms with van der Waals surface area (Å²) in [4.78, 5) is 14.6. The predicted octanol–water partition coefficient (Wildman–Crippen LogP) is 3.27. The Bertz CT molecular complexity index is 775. The molecule has 0 aliphatic carbocycles. The van der Waals surface area contributed by atoms with Gasteiger partial charge in [0.05, 0.1) is 0 Å². The summed E-state index contributed by atoms with van der Waals surface area (Å²) >= 11 is 0. The van der Waals surface area contributed by atoms with Crippen molar-refractivity contribution in [3.8, 4) is 0 Å². The van der Waals surface area contributed by atoms with Gasteiger partial charge in [-0.15, -0.1) is 0 Å². The van der Waals surface area contributed by atoms with Crippen LogP contribution in [0.5, 0.6) is 0 Å². The summed E-state index contributed by atoms with van der Waals surface area (Å²) in [6, 6.07) is 24.8. The number of hydrogen-bond acceptors (Lipinski definition) is 1. The number of hydrogen-bond donors (Lipinski definition) is 0. The van der Waals surface area contributed by atoms with Crippen LogP contribution in [-0.4, -0.2) is 6.03 Å². The van der Waals surface area contributed by atoms with Crippen molar-refractivity contribution in [3.63, 3.8) is 0 Å². The van der Waals surface area contributed by atoms with Gasteiger partial charge in [0, 0.05) is 0 Å². The summed E-state index contributed by atoms with van der Waals surface area (Å²) in [7, 11) is 0. The van der Waals surface area contributed by atoms with Crippen molar-refractivity contribution < 1.29 is 34.4 Å². The summed E-state index contributed by atoms with van der Waals surface area (Å²) < 4.78 is 0. The van der Waals surface area contributed by atoms with Gasteiger partial charge in [0.15, 0.2) is 6.03 Å². The Morgan fingerprint density at radius 1 is 0.720 bits per heavy atom. The fourth-order valence-electron chi connectivity index (χ4n) is 2.65. The molecule has 0 aliphatic rings. The fraction of sp³-hybridized carbons (Fsp3) is 0.0952. The van der Waals surface area contributed by atoms with Crippen LogP contribution in [0.1, 0.15) is 11.1 Å². The third-order valence-electron chi connectivity index (χ3n) is 3.87. The zero-order valence-corrected chi connectivity index (χ0v) is 16.8. The molecule has 120 valence electrons. The second-order valence-electron chi connectivity index (χ2n) is 5.64. The number of aryl methyl sites for hydroxylation is 2. The van der Waals surface area contributed by atoms with Gasteiger partial charge in [0.2, 0.25) is 0 Å². The second-order valence-corrected chi connectivity index (χ2v) is 5.64. The van der Waals surface area contributed by atoms with E-state index in [-0.39, 0.29) is 35.6 Å². The number of nitrogens with zero attached hydrogens (tertiary/aromatic N) is 2. The molecule has 0 radical (unpaired) electrons. The van der Waals surface area contributed by atoms with Crippen LogP contribution in [0, 0.1) is 13.8 Å². The molecule has 2 amide bonds. The molecule has 0 heterocycles. The smallest absolute Gasteiger partial charge is 0.400 e. The monoisotopic (exact) mass is 338 g/mol. The first-order valence-electron chi connectivity index (χ1n) is 7.89. The van der Waals surface area contributed by atoms with Gasteiger partial charge >= 0.3 is 29.6 Å². The average Bonchev–Trinajstić information content (AvgIpc) is 2.60. The minimum absolute atomic E-state index is 0. The molecule has 0 spiro atoms. The Morgan fingerprint density at radius 3 is 1.60 bits per heavy atom. The van der Waals surface area contributed by atoms with Crippen molar-refractivity contribution >= 4 is 23.1 Å². The van der Waals surface area contributed by atoms with Crippen molar-refractivity contribution in [2.45, 2.75) is 13.8 Å². The number of rotatable bonds is 3. The Morgan fingerprint density at radius 2 is 1.16 bits per heavy atom. The number of carbonyl (C=O) groups excluding carboxylic acids is 1. The van der Waals surface area contributed by atoms with Gasteiger partial charge in [-0.25, -0.2) is 0 Å². The van der Waals surface area contributed by atoms with Crippen LogP contribution in [-0.2, 0) is 0 Å². The van der Waals surface area contributed by atoms with E-state index < -0.39 is 0 Å².